The van der Waals surface area contributed by atoms with E-state index in [4.69, 9.17) is 4.74 Å². The topological polar surface area (TPSA) is 26.3 Å². The second kappa shape index (κ2) is 7.64. The molecular weight excluding hydrogens is 236 g/mol. The van der Waals surface area contributed by atoms with Crippen molar-refractivity contribution in [1.29, 1.82) is 0 Å². The maximum absolute atomic E-state index is 12.7. The zero-order valence-electron chi connectivity index (χ0n) is 12.9. The van der Waals surface area contributed by atoms with Crippen LogP contribution in [0.5, 0.6) is 0 Å². The Labute approximate surface area is 117 Å². The summed E-state index contributed by atoms with van der Waals surface area (Å²) in [6, 6.07) is 0. The van der Waals surface area contributed by atoms with Crippen molar-refractivity contribution in [2.45, 2.75) is 59.3 Å². The molecule has 0 aromatic heterocycles. The predicted molar refractivity (Wildman–Crippen MR) is 80.2 cm³/mol. The van der Waals surface area contributed by atoms with Gasteiger partial charge in [0.2, 0.25) is 0 Å². The van der Waals surface area contributed by atoms with E-state index in [0.717, 1.165) is 30.4 Å². The first-order valence-electron chi connectivity index (χ1n) is 7.46. The summed E-state index contributed by atoms with van der Waals surface area (Å²) in [5, 5.41) is 0. The van der Waals surface area contributed by atoms with Crippen molar-refractivity contribution in [3.05, 3.63) is 23.3 Å². The lowest BCUT2D eigenvalue weighted by molar-refractivity contribution is -0.127. The van der Waals surface area contributed by atoms with Crippen LogP contribution in [-0.2, 0) is 9.53 Å². The van der Waals surface area contributed by atoms with Gasteiger partial charge < -0.3 is 4.74 Å². The van der Waals surface area contributed by atoms with E-state index in [0.29, 0.717) is 18.8 Å². The molecule has 0 aromatic carbocycles. The molecule has 2 nitrogen and oxygen atoms in total. The van der Waals surface area contributed by atoms with Gasteiger partial charge in [-0.2, -0.15) is 0 Å². The lowest BCUT2D eigenvalue weighted by atomic mass is 9.68. The number of ether oxygens (including phenoxy) is 1. The van der Waals surface area contributed by atoms with Gasteiger partial charge in [-0.05, 0) is 26.7 Å². The number of rotatable bonds is 8. The summed E-state index contributed by atoms with van der Waals surface area (Å²) in [7, 11) is 1.68. The molecule has 0 aliphatic heterocycles. The molecule has 1 aliphatic carbocycles. The first-order valence-corrected chi connectivity index (χ1v) is 7.46. The maximum Gasteiger partial charge on any atom is 0.149 e. The standard InChI is InChI=1S/C17H28O2/c1-5-6-7-8-12-16(18)17(13-19-4)14(2)10-9-11-15(17)3/h10-11H,5-9,12-13H2,1-4H3. The number of hydrogen-bond acceptors (Lipinski definition) is 2. The van der Waals surface area contributed by atoms with Gasteiger partial charge in [-0.3, -0.25) is 4.79 Å². The van der Waals surface area contributed by atoms with Crippen molar-refractivity contribution in [1.82, 2.24) is 0 Å². The van der Waals surface area contributed by atoms with Crippen LogP contribution in [0.2, 0.25) is 0 Å². The van der Waals surface area contributed by atoms with Crippen LogP contribution >= 0.6 is 0 Å². The molecule has 1 rings (SSSR count). The molecule has 1 aliphatic rings. The average Bonchev–Trinajstić information content (AvgIpc) is 2.39. The molecule has 0 aromatic rings. The van der Waals surface area contributed by atoms with Crippen LogP contribution in [0.1, 0.15) is 59.3 Å². The first-order chi connectivity index (χ1) is 9.09. The lowest BCUT2D eigenvalue weighted by Gasteiger charge is -2.36. The molecule has 108 valence electrons. The quantitative estimate of drug-likeness (QED) is 0.478. The van der Waals surface area contributed by atoms with Crippen LogP contribution in [0.3, 0.4) is 0 Å². The van der Waals surface area contributed by atoms with E-state index in [2.05, 4.69) is 32.9 Å². The summed E-state index contributed by atoms with van der Waals surface area (Å²) in [6.45, 7) is 6.80. The highest BCUT2D eigenvalue weighted by Crippen LogP contribution is 2.41. The highest BCUT2D eigenvalue weighted by Gasteiger charge is 2.41. The SMILES string of the molecule is CCCCCCC(=O)C1(COC)C(C)=CCC=C1C. The van der Waals surface area contributed by atoms with Crippen LogP contribution in [0.15, 0.2) is 23.3 Å². The summed E-state index contributed by atoms with van der Waals surface area (Å²) in [6.07, 6.45) is 10.5. The summed E-state index contributed by atoms with van der Waals surface area (Å²) >= 11 is 0. The van der Waals surface area contributed by atoms with Gasteiger partial charge in [-0.15, -0.1) is 0 Å². The van der Waals surface area contributed by atoms with Gasteiger partial charge in [-0.25, -0.2) is 0 Å². The highest BCUT2D eigenvalue weighted by molar-refractivity contribution is 5.91. The molecule has 0 spiro atoms. The number of methoxy groups -OCH3 is 1. The Morgan fingerprint density at radius 1 is 1.21 bits per heavy atom. The number of hydrogen-bond donors (Lipinski definition) is 0. The molecule has 0 fully saturated rings. The predicted octanol–water partition coefficient (Wildman–Crippen LogP) is 4.46. The highest BCUT2D eigenvalue weighted by atomic mass is 16.5. The molecule has 2 heteroatoms. The minimum absolute atomic E-state index is 0.327. The molecule has 0 saturated heterocycles. The Hall–Kier alpha value is -0.890. The normalized spacial score (nSPS) is 17.9. The third-order valence-electron chi connectivity index (χ3n) is 4.29. The number of allylic oxidation sites excluding steroid dienone is 2. The third kappa shape index (κ3) is 3.56. The largest absolute Gasteiger partial charge is 0.383 e. The number of Topliss-reactive ketones (excluding diaryl/α,β-unsaturated/α-hetero) is 1. The molecule has 0 unspecified atom stereocenters. The van der Waals surface area contributed by atoms with Crippen molar-refractivity contribution >= 4 is 5.78 Å². The minimum atomic E-state index is -0.487. The molecule has 0 N–H and O–H groups in total. The fourth-order valence-electron chi connectivity index (χ4n) is 2.96. The van der Waals surface area contributed by atoms with Crippen LogP contribution in [0.4, 0.5) is 0 Å². The maximum atomic E-state index is 12.7. The zero-order chi connectivity index (χ0) is 14.3. The number of carbonyl (C=O) groups is 1. The molecule has 0 amide bonds. The summed E-state index contributed by atoms with van der Waals surface area (Å²) in [5.41, 5.74) is 1.84. The smallest absolute Gasteiger partial charge is 0.149 e. The second-order valence-electron chi connectivity index (χ2n) is 5.58. The number of ketones is 1. The van der Waals surface area contributed by atoms with Crippen molar-refractivity contribution < 1.29 is 9.53 Å². The van der Waals surface area contributed by atoms with Gasteiger partial charge >= 0.3 is 0 Å². The Morgan fingerprint density at radius 2 is 1.84 bits per heavy atom. The van der Waals surface area contributed by atoms with Crippen molar-refractivity contribution in [3.8, 4) is 0 Å². The Kier molecular flexibility index (Phi) is 6.50. The van der Waals surface area contributed by atoms with Crippen LogP contribution in [0.25, 0.3) is 0 Å². The van der Waals surface area contributed by atoms with Gasteiger partial charge in [0.25, 0.3) is 0 Å². The molecule has 0 saturated carbocycles. The van der Waals surface area contributed by atoms with Gasteiger partial charge in [0.15, 0.2) is 0 Å². The Balaban J connectivity index is 2.80. The van der Waals surface area contributed by atoms with Gasteiger partial charge in [0.05, 0.1) is 12.0 Å². The molecule has 0 bridgehead atoms. The van der Waals surface area contributed by atoms with E-state index in [1.54, 1.807) is 7.11 Å². The van der Waals surface area contributed by atoms with Crippen molar-refractivity contribution in [2.24, 2.45) is 5.41 Å². The lowest BCUT2D eigenvalue weighted by Crippen LogP contribution is -2.39. The minimum Gasteiger partial charge on any atom is -0.383 e. The van der Waals surface area contributed by atoms with Crippen LogP contribution in [-0.4, -0.2) is 19.5 Å². The van der Waals surface area contributed by atoms with E-state index >= 15 is 0 Å². The van der Waals surface area contributed by atoms with Crippen LogP contribution < -0.4 is 0 Å². The summed E-state index contributed by atoms with van der Waals surface area (Å²) in [4.78, 5) is 12.7. The molecular formula is C17H28O2. The monoisotopic (exact) mass is 264 g/mol. The second-order valence-corrected chi connectivity index (χ2v) is 5.58. The average molecular weight is 264 g/mol. The van der Waals surface area contributed by atoms with Crippen LogP contribution in [0, 0.1) is 5.41 Å². The van der Waals surface area contributed by atoms with Gasteiger partial charge in [0, 0.05) is 13.5 Å². The Bertz CT molecular complexity index is 345. The van der Waals surface area contributed by atoms with Crippen molar-refractivity contribution in [3.63, 3.8) is 0 Å². The third-order valence-corrected chi connectivity index (χ3v) is 4.29. The van der Waals surface area contributed by atoms with Crippen molar-refractivity contribution in [2.75, 3.05) is 13.7 Å². The fraction of sp³-hybridized carbons (Fsp3) is 0.706. The molecule has 0 heterocycles. The first kappa shape index (κ1) is 16.2. The van der Waals surface area contributed by atoms with Gasteiger partial charge in [-0.1, -0.05) is 49.5 Å². The molecule has 0 atom stereocenters. The van der Waals surface area contributed by atoms with E-state index in [1.807, 2.05) is 0 Å². The summed E-state index contributed by atoms with van der Waals surface area (Å²) < 4.78 is 5.37. The molecule has 0 radical (unpaired) electrons. The van der Waals surface area contributed by atoms with E-state index < -0.39 is 5.41 Å². The number of unbranched alkanes of at least 4 members (excludes halogenated alkanes) is 3. The van der Waals surface area contributed by atoms with E-state index in [-0.39, 0.29) is 0 Å². The van der Waals surface area contributed by atoms with E-state index in [1.165, 1.54) is 12.8 Å². The number of carbonyl (C=O) groups excluding carboxylic acids is 1. The fourth-order valence-corrected chi connectivity index (χ4v) is 2.96. The molecule has 19 heavy (non-hydrogen) atoms. The van der Waals surface area contributed by atoms with E-state index in [9.17, 15) is 4.79 Å². The zero-order valence-corrected chi connectivity index (χ0v) is 12.9. The van der Waals surface area contributed by atoms with Gasteiger partial charge in [0.1, 0.15) is 5.78 Å². The Morgan fingerprint density at radius 3 is 2.37 bits per heavy atom. The summed E-state index contributed by atoms with van der Waals surface area (Å²) in [5.74, 6) is 0.327.